The quantitative estimate of drug-likeness (QED) is 0.344. The van der Waals surface area contributed by atoms with Crippen LogP contribution < -0.4 is 21.6 Å². The lowest BCUT2D eigenvalue weighted by Gasteiger charge is -2.04. The third kappa shape index (κ3) is 2.80. The van der Waals surface area contributed by atoms with E-state index in [2.05, 4.69) is 9.97 Å². The number of aryl methyl sites for hydroxylation is 1. The van der Waals surface area contributed by atoms with E-state index in [1.807, 2.05) is 0 Å². The number of carbonyl (C=O) groups excluding carboxylic acids is 2. The first-order valence-electron chi connectivity index (χ1n) is 7.18. The smallest absolute Gasteiger partial charge is 0.312 e. The van der Waals surface area contributed by atoms with Gasteiger partial charge in [-0.1, -0.05) is 4.98 Å². The van der Waals surface area contributed by atoms with Crippen LogP contribution in [-0.4, -0.2) is 31.3 Å². The molecule has 0 spiro atoms. The van der Waals surface area contributed by atoms with Crippen molar-refractivity contribution in [1.82, 2.24) is 14.5 Å². The van der Waals surface area contributed by atoms with Gasteiger partial charge in [0, 0.05) is 5.56 Å². The van der Waals surface area contributed by atoms with Crippen molar-refractivity contribution in [3.8, 4) is 5.75 Å². The number of anilines is 1. The van der Waals surface area contributed by atoms with E-state index in [9.17, 15) is 19.5 Å². The predicted octanol–water partition coefficient (Wildman–Crippen LogP) is -1.18. The predicted molar refractivity (Wildman–Crippen MR) is 86.9 cm³/mol. The standard InChI is InChI=1S/C15H14N6O4/c1-20-6-21(13-11(20)14(25)19-15(17)18-13)5-10(23)7-2-3-9(22)8(4-7)12(16)24/h2-4,6H,5H2,1H3,(H5-,16,17,18,19,22,23,24,25)/p+1. The van der Waals surface area contributed by atoms with Crippen LogP contribution in [0.4, 0.5) is 5.95 Å². The lowest BCUT2D eigenvalue weighted by atomic mass is 10.1. The summed E-state index contributed by atoms with van der Waals surface area (Å²) in [6.07, 6.45) is 1.54. The SMILES string of the molecule is Cn1c[n+](CC(=O)c2ccc(O)c(C(N)=O)c2)c2nc(N)[nH]c(=O)c21. The lowest BCUT2D eigenvalue weighted by molar-refractivity contribution is -0.659. The third-order valence-corrected chi connectivity index (χ3v) is 3.73. The summed E-state index contributed by atoms with van der Waals surface area (Å²) in [7, 11) is 1.64. The molecule has 128 valence electrons. The molecular weight excluding hydrogens is 328 g/mol. The summed E-state index contributed by atoms with van der Waals surface area (Å²) >= 11 is 0. The summed E-state index contributed by atoms with van der Waals surface area (Å²) in [5.41, 5.74) is 10.9. The zero-order chi connectivity index (χ0) is 18.3. The van der Waals surface area contributed by atoms with Crippen molar-refractivity contribution in [3.63, 3.8) is 0 Å². The summed E-state index contributed by atoms with van der Waals surface area (Å²) in [6, 6.07) is 3.83. The number of H-pyrrole nitrogens is 1. The van der Waals surface area contributed by atoms with Crippen molar-refractivity contribution in [3.05, 3.63) is 46.0 Å². The van der Waals surface area contributed by atoms with Gasteiger partial charge in [-0.25, -0.2) is 4.57 Å². The summed E-state index contributed by atoms with van der Waals surface area (Å²) < 4.78 is 3.00. The van der Waals surface area contributed by atoms with Gasteiger partial charge in [0.1, 0.15) is 12.3 Å². The Kier molecular flexibility index (Phi) is 3.72. The Hall–Kier alpha value is -3.69. The minimum absolute atomic E-state index is 0.0643. The van der Waals surface area contributed by atoms with Gasteiger partial charge in [-0.15, -0.1) is 0 Å². The Morgan fingerprint density at radius 3 is 2.80 bits per heavy atom. The number of ketones is 1. The van der Waals surface area contributed by atoms with Gasteiger partial charge in [0.25, 0.3) is 17.4 Å². The number of imidazole rings is 1. The van der Waals surface area contributed by atoms with Crippen molar-refractivity contribution in [2.45, 2.75) is 6.54 Å². The number of nitrogens with one attached hydrogen (secondary N) is 1. The summed E-state index contributed by atoms with van der Waals surface area (Å²) in [4.78, 5) is 42.2. The first-order chi connectivity index (χ1) is 11.8. The van der Waals surface area contributed by atoms with E-state index in [0.717, 1.165) is 0 Å². The van der Waals surface area contributed by atoms with E-state index in [1.54, 1.807) is 13.4 Å². The minimum atomic E-state index is -0.842. The molecule has 3 aromatic rings. The highest BCUT2D eigenvalue weighted by Crippen LogP contribution is 2.18. The first kappa shape index (κ1) is 16.2. The molecular formula is C15H15N6O4+. The molecule has 3 rings (SSSR count). The maximum atomic E-state index is 12.5. The Morgan fingerprint density at radius 1 is 1.40 bits per heavy atom. The summed E-state index contributed by atoms with van der Waals surface area (Å²) in [6.45, 7) is -0.143. The molecule has 0 fully saturated rings. The van der Waals surface area contributed by atoms with E-state index in [4.69, 9.17) is 11.5 Å². The largest absolute Gasteiger partial charge is 0.507 e. The van der Waals surface area contributed by atoms with Gasteiger partial charge >= 0.3 is 5.65 Å². The fourth-order valence-electron chi connectivity index (χ4n) is 2.58. The number of nitrogens with zero attached hydrogens (tertiary/aromatic N) is 3. The van der Waals surface area contributed by atoms with Crippen LogP contribution in [0.15, 0.2) is 29.3 Å². The van der Waals surface area contributed by atoms with Gasteiger partial charge < -0.3 is 16.6 Å². The highest BCUT2D eigenvalue weighted by Gasteiger charge is 2.22. The lowest BCUT2D eigenvalue weighted by Crippen LogP contribution is -2.38. The number of benzene rings is 1. The van der Waals surface area contributed by atoms with Crippen molar-refractivity contribution < 1.29 is 19.3 Å². The minimum Gasteiger partial charge on any atom is -0.507 e. The highest BCUT2D eigenvalue weighted by atomic mass is 16.3. The molecule has 1 aromatic carbocycles. The van der Waals surface area contributed by atoms with Crippen LogP contribution in [0.5, 0.6) is 5.75 Å². The number of nitrogens with two attached hydrogens (primary N) is 2. The number of phenols is 1. The number of nitrogen functional groups attached to an aromatic ring is 1. The van der Waals surface area contributed by atoms with Gasteiger partial charge in [0.05, 0.1) is 12.6 Å². The zero-order valence-electron chi connectivity index (χ0n) is 13.2. The molecule has 10 nitrogen and oxygen atoms in total. The molecule has 0 radical (unpaired) electrons. The maximum absolute atomic E-state index is 12.5. The summed E-state index contributed by atoms with van der Waals surface area (Å²) in [5.74, 6) is -1.57. The second-order valence-electron chi connectivity index (χ2n) is 5.50. The average molecular weight is 343 g/mol. The maximum Gasteiger partial charge on any atom is 0.312 e. The average Bonchev–Trinajstić information content (AvgIpc) is 2.83. The molecule has 0 saturated heterocycles. The Bertz CT molecular complexity index is 1080. The Labute approximate surface area is 140 Å². The van der Waals surface area contributed by atoms with Crippen LogP contribution in [0, 0.1) is 0 Å². The summed E-state index contributed by atoms with van der Waals surface area (Å²) in [5, 5.41) is 9.60. The molecule has 2 heterocycles. The van der Waals surface area contributed by atoms with Crippen molar-refractivity contribution in [2.75, 3.05) is 5.73 Å². The van der Waals surface area contributed by atoms with Crippen molar-refractivity contribution in [1.29, 1.82) is 0 Å². The van der Waals surface area contributed by atoms with Crippen LogP contribution in [0.2, 0.25) is 0 Å². The van der Waals surface area contributed by atoms with Gasteiger partial charge in [0.15, 0.2) is 12.1 Å². The van der Waals surface area contributed by atoms with Gasteiger partial charge in [0.2, 0.25) is 5.52 Å². The van der Waals surface area contributed by atoms with Crippen molar-refractivity contribution in [2.24, 2.45) is 12.8 Å². The number of aromatic nitrogens is 4. The zero-order valence-corrected chi connectivity index (χ0v) is 13.2. The number of carbonyl (C=O) groups is 2. The second kappa shape index (κ2) is 5.74. The number of amides is 1. The Balaban J connectivity index is 2.02. The Morgan fingerprint density at radius 2 is 2.12 bits per heavy atom. The third-order valence-electron chi connectivity index (χ3n) is 3.73. The number of primary amides is 1. The molecule has 25 heavy (non-hydrogen) atoms. The number of aromatic hydroxyl groups is 1. The van der Waals surface area contributed by atoms with E-state index in [-0.39, 0.29) is 46.3 Å². The van der Waals surface area contributed by atoms with E-state index < -0.39 is 11.5 Å². The molecule has 0 atom stereocenters. The second-order valence-corrected chi connectivity index (χ2v) is 5.50. The number of rotatable bonds is 4. The molecule has 1 amide bonds. The fourth-order valence-corrected chi connectivity index (χ4v) is 2.58. The number of hydrogen-bond donors (Lipinski definition) is 4. The van der Waals surface area contributed by atoms with E-state index in [0.29, 0.717) is 0 Å². The molecule has 2 aromatic heterocycles. The van der Waals surface area contributed by atoms with E-state index >= 15 is 0 Å². The highest BCUT2D eigenvalue weighted by molar-refractivity contribution is 6.01. The van der Waals surface area contributed by atoms with Gasteiger partial charge in [-0.3, -0.25) is 23.9 Å². The van der Waals surface area contributed by atoms with Crippen LogP contribution in [0.1, 0.15) is 20.7 Å². The van der Waals surface area contributed by atoms with E-state index in [1.165, 1.54) is 27.3 Å². The molecule has 10 heteroatoms. The fraction of sp³-hybridized carbons (Fsp3) is 0.133. The van der Waals surface area contributed by atoms with Crippen molar-refractivity contribution >= 4 is 28.8 Å². The molecule has 0 aliphatic rings. The molecule has 0 unspecified atom stereocenters. The number of hydrogen-bond acceptors (Lipinski definition) is 6. The normalized spacial score (nSPS) is 10.9. The van der Waals surface area contributed by atoms with Crippen LogP contribution in [-0.2, 0) is 13.6 Å². The monoisotopic (exact) mass is 343 g/mol. The van der Waals surface area contributed by atoms with Gasteiger partial charge in [-0.2, -0.15) is 0 Å². The van der Waals surface area contributed by atoms with Crippen LogP contribution in [0.3, 0.4) is 0 Å². The number of fused-ring (bicyclic) bond motifs is 1. The van der Waals surface area contributed by atoms with Crippen LogP contribution in [0.25, 0.3) is 11.2 Å². The van der Waals surface area contributed by atoms with Gasteiger partial charge in [-0.05, 0) is 18.2 Å². The molecule has 6 N–H and O–H groups in total. The molecule has 0 saturated carbocycles. The van der Waals surface area contributed by atoms with Crippen LogP contribution >= 0.6 is 0 Å². The topological polar surface area (TPSA) is 161 Å². The number of aromatic amines is 1. The molecule has 0 aliphatic heterocycles. The molecule has 0 aliphatic carbocycles. The first-order valence-corrected chi connectivity index (χ1v) is 7.18. The molecule has 0 bridgehead atoms. The number of Topliss-reactive ketones (excluding diaryl/α,β-unsaturated/α-hetero) is 1.